The predicted molar refractivity (Wildman–Crippen MR) is 123 cm³/mol. The van der Waals surface area contributed by atoms with E-state index in [1.165, 1.54) is 16.1 Å². The van der Waals surface area contributed by atoms with Crippen molar-refractivity contribution in [2.45, 2.75) is 26.1 Å². The molecule has 10 heteroatoms. The highest BCUT2D eigenvalue weighted by Gasteiger charge is 2.29. The van der Waals surface area contributed by atoms with Crippen molar-refractivity contribution in [3.63, 3.8) is 0 Å². The Balaban J connectivity index is 1.67. The highest BCUT2D eigenvalue weighted by atomic mass is 32.2. The lowest BCUT2D eigenvalue weighted by atomic mass is 10.1. The number of benzene rings is 1. The number of nitrogens with zero attached hydrogens (tertiary/aromatic N) is 5. The van der Waals surface area contributed by atoms with Crippen LogP contribution in [0.4, 0.5) is 5.69 Å². The number of aliphatic imine (C=N–C) groups is 1. The molecule has 31 heavy (non-hydrogen) atoms. The van der Waals surface area contributed by atoms with Crippen LogP contribution >= 0.6 is 0 Å². The summed E-state index contributed by atoms with van der Waals surface area (Å²) in [6, 6.07) is 7.96. The van der Waals surface area contributed by atoms with E-state index in [0.717, 1.165) is 23.8 Å². The van der Waals surface area contributed by atoms with Crippen LogP contribution in [0.15, 0.2) is 40.0 Å². The van der Waals surface area contributed by atoms with Gasteiger partial charge in [0.25, 0.3) is 0 Å². The Morgan fingerprint density at radius 2 is 1.97 bits per heavy atom. The molecule has 1 aromatic carbocycles. The molecule has 1 N–H and O–H groups in total. The number of aromatic nitrogens is 1. The monoisotopic (exact) mass is 448 g/mol. The molecule has 170 valence electrons. The second kappa shape index (κ2) is 10.1. The lowest BCUT2D eigenvalue weighted by Gasteiger charge is -2.35. The molecule has 0 spiro atoms. The molecule has 0 bridgehead atoms. The van der Waals surface area contributed by atoms with Gasteiger partial charge in [0, 0.05) is 58.6 Å². The van der Waals surface area contributed by atoms with Gasteiger partial charge in [-0.05, 0) is 31.0 Å². The topological polar surface area (TPSA) is 94.3 Å². The van der Waals surface area contributed by atoms with Crippen LogP contribution in [0.25, 0.3) is 0 Å². The van der Waals surface area contributed by atoms with Gasteiger partial charge >= 0.3 is 0 Å². The van der Waals surface area contributed by atoms with Crippen LogP contribution in [-0.2, 0) is 22.3 Å². The molecular formula is C21H32N6O3S. The summed E-state index contributed by atoms with van der Waals surface area (Å²) >= 11 is 0. The maximum Gasteiger partial charge on any atom is 0.220 e. The van der Waals surface area contributed by atoms with Crippen molar-refractivity contribution < 1.29 is 12.9 Å². The van der Waals surface area contributed by atoms with E-state index in [1.54, 1.807) is 6.07 Å². The minimum absolute atomic E-state index is 0.140. The quantitative estimate of drug-likeness (QED) is 0.508. The molecule has 0 radical (unpaired) electrons. The zero-order valence-electron chi connectivity index (χ0n) is 18.7. The maximum absolute atomic E-state index is 12.7. The van der Waals surface area contributed by atoms with E-state index in [4.69, 9.17) is 9.52 Å². The average molecular weight is 449 g/mol. The van der Waals surface area contributed by atoms with Crippen LogP contribution in [-0.4, -0.2) is 75.6 Å². The standard InChI is InChI=1S/C21H32N6O3S/c1-5-22-21(23-15-18-7-6-17(2)14-20(18)25(3)4)26-9-11-27(12-10-26)31(28,29)16-19-8-13-30-24-19/h6-8,13-14H,5,9-12,15-16H2,1-4H3,(H,22,23). The molecule has 1 saturated heterocycles. The van der Waals surface area contributed by atoms with Crippen molar-refractivity contribution in [3.05, 3.63) is 47.3 Å². The molecule has 1 aromatic heterocycles. The van der Waals surface area contributed by atoms with Gasteiger partial charge in [-0.25, -0.2) is 13.4 Å². The van der Waals surface area contributed by atoms with Gasteiger partial charge in [-0.1, -0.05) is 17.3 Å². The van der Waals surface area contributed by atoms with E-state index in [2.05, 4.69) is 45.4 Å². The first kappa shape index (κ1) is 23.1. The Kier molecular flexibility index (Phi) is 7.55. The number of piperazine rings is 1. The third-order valence-electron chi connectivity index (χ3n) is 5.21. The normalized spacial score (nSPS) is 15.9. The summed E-state index contributed by atoms with van der Waals surface area (Å²) in [6.07, 6.45) is 1.39. The fourth-order valence-corrected chi connectivity index (χ4v) is 5.00. The van der Waals surface area contributed by atoms with Crippen LogP contribution in [0.2, 0.25) is 0 Å². The first-order valence-corrected chi connectivity index (χ1v) is 12.1. The van der Waals surface area contributed by atoms with Gasteiger partial charge in [0.15, 0.2) is 5.96 Å². The van der Waals surface area contributed by atoms with E-state index in [0.29, 0.717) is 38.4 Å². The summed E-state index contributed by atoms with van der Waals surface area (Å²) in [5, 5.41) is 7.06. The van der Waals surface area contributed by atoms with E-state index in [9.17, 15) is 8.42 Å². The van der Waals surface area contributed by atoms with Gasteiger partial charge < -0.3 is 19.6 Å². The Morgan fingerprint density at radius 1 is 1.23 bits per heavy atom. The smallest absolute Gasteiger partial charge is 0.220 e. The first-order valence-electron chi connectivity index (χ1n) is 10.5. The summed E-state index contributed by atoms with van der Waals surface area (Å²) < 4.78 is 31.6. The van der Waals surface area contributed by atoms with Crippen molar-refractivity contribution in [2.75, 3.05) is 51.7 Å². The number of sulfonamides is 1. The summed E-state index contributed by atoms with van der Waals surface area (Å²) in [6.45, 7) is 7.41. The maximum atomic E-state index is 12.7. The molecule has 1 aliphatic heterocycles. The third kappa shape index (κ3) is 5.98. The van der Waals surface area contributed by atoms with Crippen molar-refractivity contribution in [1.29, 1.82) is 0 Å². The average Bonchev–Trinajstić information content (AvgIpc) is 3.24. The minimum atomic E-state index is -3.42. The molecule has 2 heterocycles. The number of hydrogen-bond acceptors (Lipinski definition) is 6. The fraction of sp³-hybridized carbons (Fsp3) is 0.524. The molecule has 0 unspecified atom stereocenters. The molecule has 0 aliphatic carbocycles. The second-order valence-electron chi connectivity index (χ2n) is 7.83. The van der Waals surface area contributed by atoms with Gasteiger partial charge in [0.2, 0.25) is 10.0 Å². The molecular weight excluding hydrogens is 416 g/mol. The van der Waals surface area contributed by atoms with Crippen LogP contribution in [0.3, 0.4) is 0 Å². The molecule has 0 amide bonds. The Hall–Kier alpha value is -2.59. The van der Waals surface area contributed by atoms with Crippen molar-refractivity contribution in [2.24, 2.45) is 4.99 Å². The van der Waals surface area contributed by atoms with Crippen LogP contribution in [0.1, 0.15) is 23.7 Å². The number of nitrogens with one attached hydrogen (secondary N) is 1. The zero-order chi connectivity index (χ0) is 22.4. The number of rotatable bonds is 7. The largest absolute Gasteiger partial charge is 0.377 e. The predicted octanol–water partition coefficient (Wildman–Crippen LogP) is 1.66. The second-order valence-corrected chi connectivity index (χ2v) is 9.80. The molecule has 3 rings (SSSR count). The number of guanidine groups is 1. The van der Waals surface area contributed by atoms with E-state index in [-0.39, 0.29) is 5.75 Å². The number of hydrogen-bond donors (Lipinski definition) is 1. The van der Waals surface area contributed by atoms with Crippen molar-refractivity contribution in [3.8, 4) is 0 Å². The molecule has 9 nitrogen and oxygen atoms in total. The zero-order valence-corrected chi connectivity index (χ0v) is 19.5. The third-order valence-corrected chi connectivity index (χ3v) is 7.02. The number of anilines is 1. The lowest BCUT2D eigenvalue weighted by Crippen LogP contribution is -2.53. The summed E-state index contributed by atoms with van der Waals surface area (Å²) in [4.78, 5) is 9.06. The van der Waals surface area contributed by atoms with Crippen LogP contribution in [0.5, 0.6) is 0 Å². The van der Waals surface area contributed by atoms with Gasteiger partial charge in [0.1, 0.15) is 12.0 Å². The Morgan fingerprint density at radius 3 is 2.58 bits per heavy atom. The van der Waals surface area contributed by atoms with Gasteiger partial charge in [-0.3, -0.25) is 0 Å². The van der Waals surface area contributed by atoms with Crippen molar-refractivity contribution in [1.82, 2.24) is 19.7 Å². The van der Waals surface area contributed by atoms with E-state index >= 15 is 0 Å². The van der Waals surface area contributed by atoms with Crippen molar-refractivity contribution >= 4 is 21.7 Å². The van der Waals surface area contributed by atoms with Crippen LogP contribution in [0, 0.1) is 6.92 Å². The molecule has 0 saturated carbocycles. The SMILES string of the molecule is CCNC(=NCc1ccc(C)cc1N(C)C)N1CCN(S(=O)(=O)Cc2ccon2)CC1. The van der Waals surface area contributed by atoms with Crippen LogP contribution < -0.4 is 10.2 Å². The van der Waals surface area contributed by atoms with E-state index < -0.39 is 10.0 Å². The molecule has 2 aromatic rings. The Labute approximate surface area is 184 Å². The van der Waals surface area contributed by atoms with Gasteiger partial charge in [-0.15, -0.1) is 0 Å². The highest BCUT2D eigenvalue weighted by molar-refractivity contribution is 7.88. The Bertz CT molecular complexity index is 981. The minimum Gasteiger partial charge on any atom is -0.377 e. The molecule has 1 fully saturated rings. The van der Waals surface area contributed by atoms with Gasteiger partial charge in [-0.2, -0.15) is 4.31 Å². The molecule has 1 aliphatic rings. The summed E-state index contributed by atoms with van der Waals surface area (Å²) in [5.74, 6) is 0.666. The molecule has 0 atom stereocenters. The van der Waals surface area contributed by atoms with Gasteiger partial charge in [0.05, 0.1) is 12.2 Å². The number of aryl methyl sites for hydroxylation is 1. The summed E-state index contributed by atoms with van der Waals surface area (Å²) in [7, 11) is 0.643. The fourth-order valence-electron chi connectivity index (χ4n) is 3.58. The lowest BCUT2D eigenvalue weighted by molar-refractivity contribution is 0.259. The highest BCUT2D eigenvalue weighted by Crippen LogP contribution is 2.21. The first-order chi connectivity index (χ1) is 14.8. The van der Waals surface area contributed by atoms with E-state index in [1.807, 2.05) is 21.0 Å². The summed E-state index contributed by atoms with van der Waals surface area (Å²) in [5.41, 5.74) is 3.95.